The summed E-state index contributed by atoms with van der Waals surface area (Å²) in [6, 6.07) is 11.0. The Morgan fingerprint density at radius 2 is 1.61 bits per heavy atom. The Kier molecular flexibility index (Phi) is 5.55. The smallest absolute Gasteiger partial charge is 0.340 e. The molecule has 2 aliphatic heterocycles. The predicted molar refractivity (Wildman–Crippen MR) is 120 cm³/mol. The van der Waals surface area contributed by atoms with E-state index in [9.17, 15) is 22.8 Å². The van der Waals surface area contributed by atoms with Gasteiger partial charge < -0.3 is 10.2 Å². The van der Waals surface area contributed by atoms with E-state index in [4.69, 9.17) is 0 Å². The number of imide groups is 1. The highest BCUT2D eigenvalue weighted by Crippen LogP contribution is 2.49. The minimum Gasteiger partial charge on any atom is -0.340 e. The first-order valence-corrected chi connectivity index (χ1v) is 12.0. The van der Waals surface area contributed by atoms with Gasteiger partial charge in [-0.1, -0.05) is 43.2 Å². The molecule has 1 saturated carbocycles. The maximum atomic E-state index is 13.4. The fourth-order valence-corrected chi connectivity index (χ4v) is 6.08. The first-order chi connectivity index (χ1) is 15.8. The zero-order chi connectivity index (χ0) is 23.2. The highest BCUT2D eigenvalue weighted by atomic mass is 32.2. The molecule has 174 valence electrons. The number of carbonyl (C=O) groups excluding carboxylic acids is 2. The number of fused-ring (bicyclic) bond motifs is 2. The lowest BCUT2D eigenvalue weighted by Gasteiger charge is -2.33. The van der Waals surface area contributed by atoms with Gasteiger partial charge in [0.15, 0.2) is 0 Å². The maximum absolute atomic E-state index is 13.4. The average Bonchev–Trinajstić information content (AvgIpc) is 3.01. The lowest BCUT2D eigenvalue weighted by atomic mass is 9.82. The third-order valence-electron chi connectivity index (χ3n) is 6.67. The van der Waals surface area contributed by atoms with Crippen LogP contribution in [0.2, 0.25) is 0 Å². The lowest BCUT2D eigenvalue weighted by molar-refractivity contribution is -0.137. The number of para-hydroxylation sites is 1. The van der Waals surface area contributed by atoms with Gasteiger partial charge in [-0.25, -0.2) is 4.79 Å². The highest BCUT2D eigenvalue weighted by Gasteiger charge is 2.50. The van der Waals surface area contributed by atoms with Crippen LogP contribution in [0.3, 0.4) is 0 Å². The molecule has 3 aliphatic rings. The summed E-state index contributed by atoms with van der Waals surface area (Å²) in [7, 11) is 0. The van der Waals surface area contributed by atoms with Crippen molar-refractivity contribution in [1.29, 1.82) is 0 Å². The molecule has 2 fully saturated rings. The molecule has 0 radical (unpaired) electrons. The minimum atomic E-state index is -4.43. The molecular formula is C24H24F3N3O2S. The zero-order valence-electron chi connectivity index (χ0n) is 18.0. The molecule has 1 spiro atoms. The van der Waals surface area contributed by atoms with E-state index < -0.39 is 17.3 Å². The molecule has 5 nitrogen and oxygen atoms in total. The molecule has 3 amide bonds. The summed E-state index contributed by atoms with van der Waals surface area (Å²) in [5.74, 6) is -0.165. The summed E-state index contributed by atoms with van der Waals surface area (Å²) >= 11 is 1.44. The minimum absolute atomic E-state index is 0.165. The first kappa shape index (κ1) is 22.1. The molecule has 0 unspecified atom stereocenters. The van der Waals surface area contributed by atoms with Gasteiger partial charge in [0.05, 0.1) is 16.9 Å². The van der Waals surface area contributed by atoms with Crippen molar-refractivity contribution in [2.24, 2.45) is 0 Å². The quantitative estimate of drug-likeness (QED) is 0.555. The van der Waals surface area contributed by atoms with Gasteiger partial charge in [0.1, 0.15) is 5.54 Å². The van der Waals surface area contributed by atoms with Crippen LogP contribution in [0.15, 0.2) is 52.3 Å². The van der Waals surface area contributed by atoms with E-state index in [0.29, 0.717) is 31.5 Å². The molecule has 2 aromatic carbocycles. The zero-order valence-corrected chi connectivity index (χ0v) is 18.8. The number of benzene rings is 2. The summed E-state index contributed by atoms with van der Waals surface area (Å²) in [4.78, 5) is 30.4. The molecule has 1 aliphatic carbocycles. The molecule has 2 heterocycles. The molecule has 0 aromatic heterocycles. The number of anilines is 2. The highest BCUT2D eigenvalue weighted by molar-refractivity contribution is 7.99. The Morgan fingerprint density at radius 3 is 2.36 bits per heavy atom. The van der Waals surface area contributed by atoms with Crippen molar-refractivity contribution in [2.45, 2.75) is 60.0 Å². The molecule has 0 atom stereocenters. The van der Waals surface area contributed by atoms with Gasteiger partial charge in [0.2, 0.25) is 0 Å². The van der Waals surface area contributed by atoms with Crippen LogP contribution in [-0.4, -0.2) is 35.5 Å². The van der Waals surface area contributed by atoms with Crippen molar-refractivity contribution in [3.8, 4) is 0 Å². The van der Waals surface area contributed by atoms with Gasteiger partial charge in [-0.05, 0) is 49.6 Å². The normalized spacial score (nSPS) is 19.5. The maximum Gasteiger partial charge on any atom is 0.416 e. The van der Waals surface area contributed by atoms with Crippen LogP contribution in [-0.2, 0) is 11.0 Å². The van der Waals surface area contributed by atoms with E-state index in [1.165, 1.54) is 28.8 Å². The summed E-state index contributed by atoms with van der Waals surface area (Å²) in [5, 5.41) is 2.91. The molecule has 1 saturated heterocycles. The number of halogens is 3. The van der Waals surface area contributed by atoms with Crippen molar-refractivity contribution < 1.29 is 22.8 Å². The van der Waals surface area contributed by atoms with Crippen LogP contribution in [0, 0.1) is 0 Å². The van der Waals surface area contributed by atoms with Crippen molar-refractivity contribution in [3.05, 3.63) is 48.0 Å². The second kappa shape index (κ2) is 8.27. The monoisotopic (exact) mass is 475 g/mol. The molecule has 0 bridgehead atoms. The van der Waals surface area contributed by atoms with Crippen LogP contribution in [0.5, 0.6) is 0 Å². The Balaban J connectivity index is 1.36. The second-order valence-electron chi connectivity index (χ2n) is 8.78. The number of carbonyl (C=O) groups is 2. The van der Waals surface area contributed by atoms with Crippen LogP contribution in [0.25, 0.3) is 0 Å². The average molecular weight is 476 g/mol. The largest absolute Gasteiger partial charge is 0.416 e. The third kappa shape index (κ3) is 3.96. The van der Waals surface area contributed by atoms with Crippen molar-refractivity contribution in [2.75, 3.05) is 18.0 Å². The summed E-state index contributed by atoms with van der Waals surface area (Å²) < 4.78 is 40.1. The number of urea groups is 1. The molecule has 2 aromatic rings. The van der Waals surface area contributed by atoms with Crippen molar-refractivity contribution in [1.82, 2.24) is 10.2 Å². The van der Waals surface area contributed by atoms with Crippen molar-refractivity contribution in [3.63, 3.8) is 0 Å². The number of rotatable bonds is 4. The number of hydrogen-bond acceptors (Lipinski definition) is 4. The van der Waals surface area contributed by atoms with E-state index in [2.05, 4.69) is 5.32 Å². The number of nitrogens with one attached hydrogen (secondary N) is 1. The Bertz CT molecular complexity index is 1100. The standard InChI is InChI=1S/C24H24F3N3O2S/c25-24(26,27)16-9-10-20-18(15-16)29(17-7-2-3-8-19(17)33-20)13-6-14-30-21(31)23(28-22(30)32)11-4-1-5-12-23/h2-3,7-10,15H,1,4-6,11-14H2,(H,28,32). The van der Waals surface area contributed by atoms with Gasteiger partial charge in [-0.2, -0.15) is 13.2 Å². The van der Waals surface area contributed by atoms with E-state index >= 15 is 0 Å². The van der Waals surface area contributed by atoms with Crippen LogP contribution >= 0.6 is 11.8 Å². The molecule has 1 N–H and O–H groups in total. The number of nitrogens with zero attached hydrogens (tertiary/aromatic N) is 2. The van der Waals surface area contributed by atoms with E-state index in [1.54, 1.807) is 0 Å². The topological polar surface area (TPSA) is 52.7 Å². The van der Waals surface area contributed by atoms with Gasteiger partial charge in [-0.15, -0.1) is 0 Å². The Hall–Kier alpha value is -2.68. The molecule has 9 heteroatoms. The van der Waals surface area contributed by atoms with Gasteiger partial charge in [0.25, 0.3) is 5.91 Å². The lowest BCUT2D eigenvalue weighted by Crippen LogP contribution is -2.48. The van der Waals surface area contributed by atoms with Gasteiger partial charge in [-0.3, -0.25) is 9.69 Å². The SMILES string of the molecule is O=C1NC2(CCCCC2)C(=O)N1CCCN1c2ccccc2Sc2ccc(C(F)(F)F)cc21. The van der Waals surface area contributed by atoms with E-state index in [1.807, 2.05) is 29.2 Å². The molecule has 5 rings (SSSR count). The predicted octanol–water partition coefficient (Wildman–Crippen LogP) is 5.95. The fraction of sp³-hybridized carbons (Fsp3) is 0.417. The fourth-order valence-electron chi connectivity index (χ4n) is 5.01. The Labute approximate surface area is 194 Å². The second-order valence-corrected chi connectivity index (χ2v) is 9.87. The Morgan fingerprint density at radius 1 is 0.909 bits per heavy atom. The summed E-state index contributed by atoms with van der Waals surface area (Å²) in [5.41, 5.74) is -0.137. The van der Waals surface area contributed by atoms with Gasteiger partial charge in [0, 0.05) is 22.9 Å². The number of amides is 3. The van der Waals surface area contributed by atoms with Crippen LogP contribution in [0.4, 0.5) is 29.3 Å². The number of alkyl halides is 3. The number of hydrogen-bond donors (Lipinski definition) is 1. The first-order valence-electron chi connectivity index (χ1n) is 11.2. The van der Waals surface area contributed by atoms with Crippen LogP contribution < -0.4 is 10.2 Å². The summed E-state index contributed by atoms with van der Waals surface area (Å²) in [6.07, 6.45) is 0.245. The third-order valence-corrected chi connectivity index (χ3v) is 7.80. The van der Waals surface area contributed by atoms with E-state index in [-0.39, 0.29) is 18.5 Å². The molecular weight excluding hydrogens is 451 g/mol. The summed E-state index contributed by atoms with van der Waals surface area (Å²) in [6.45, 7) is 0.614. The molecule has 33 heavy (non-hydrogen) atoms. The van der Waals surface area contributed by atoms with E-state index in [0.717, 1.165) is 40.8 Å². The van der Waals surface area contributed by atoms with Crippen molar-refractivity contribution >= 4 is 35.1 Å². The van der Waals surface area contributed by atoms with Gasteiger partial charge >= 0.3 is 12.2 Å². The van der Waals surface area contributed by atoms with Crippen LogP contribution in [0.1, 0.15) is 44.1 Å².